The van der Waals surface area contributed by atoms with Gasteiger partial charge in [0.05, 0.1) is 0 Å². The molecule has 0 bridgehead atoms. The molecule has 0 aliphatic carbocycles. The zero-order valence-electron chi connectivity index (χ0n) is 12.6. The SMILES string of the molecule is CCCNc1cc(C(=O)Nc2ccccc2C)nc(C)n1. The van der Waals surface area contributed by atoms with Crippen molar-refractivity contribution in [3.63, 3.8) is 0 Å². The number of benzene rings is 1. The van der Waals surface area contributed by atoms with Crippen molar-refractivity contribution in [2.75, 3.05) is 17.2 Å². The average Bonchev–Trinajstić information content (AvgIpc) is 2.47. The molecule has 1 aromatic carbocycles. The van der Waals surface area contributed by atoms with Gasteiger partial charge in [0.25, 0.3) is 5.91 Å². The molecule has 0 unspecified atom stereocenters. The van der Waals surface area contributed by atoms with E-state index in [1.54, 1.807) is 13.0 Å². The van der Waals surface area contributed by atoms with Crippen molar-refractivity contribution in [2.45, 2.75) is 27.2 Å². The first-order valence-electron chi connectivity index (χ1n) is 7.06. The summed E-state index contributed by atoms with van der Waals surface area (Å²) in [6.07, 6.45) is 0.994. The molecule has 0 saturated heterocycles. The normalized spacial score (nSPS) is 10.2. The Morgan fingerprint density at radius 3 is 2.67 bits per heavy atom. The molecule has 0 saturated carbocycles. The highest BCUT2D eigenvalue weighted by Crippen LogP contribution is 2.15. The summed E-state index contributed by atoms with van der Waals surface area (Å²) < 4.78 is 0. The minimum atomic E-state index is -0.227. The maximum absolute atomic E-state index is 12.3. The van der Waals surface area contributed by atoms with Crippen molar-refractivity contribution in [3.8, 4) is 0 Å². The first-order chi connectivity index (χ1) is 10.1. The van der Waals surface area contributed by atoms with Crippen LogP contribution in [0, 0.1) is 13.8 Å². The van der Waals surface area contributed by atoms with Gasteiger partial charge in [-0.2, -0.15) is 0 Å². The molecule has 0 spiro atoms. The van der Waals surface area contributed by atoms with Gasteiger partial charge < -0.3 is 10.6 Å². The van der Waals surface area contributed by atoms with Gasteiger partial charge in [-0.3, -0.25) is 4.79 Å². The predicted octanol–water partition coefficient (Wildman–Crippen LogP) is 3.17. The van der Waals surface area contributed by atoms with Crippen LogP contribution in [0.1, 0.15) is 35.2 Å². The number of aromatic nitrogens is 2. The monoisotopic (exact) mass is 284 g/mol. The van der Waals surface area contributed by atoms with Crippen LogP contribution in [0.25, 0.3) is 0 Å². The molecule has 0 atom stereocenters. The number of amides is 1. The van der Waals surface area contributed by atoms with Gasteiger partial charge in [-0.05, 0) is 31.9 Å². The summed E-state index contributed by atoms with van der Waals surface area (Å²) in [5.41, 5.74) is 2.17. The van der Waals surface area contributed by atoms with E-state index in [9.17, 15) is 4.79 Å². The van der Waals surface area contributed by atoms with Crippen LogP contribution in [0.15, 0.2) is 30.3 Å². The largest absolute Gasteiger partial charge is 0.370 e. The van der Waals surface area contributed by atoms with Gasteiger partial charge in [-0.25, -0.2) is 9.97 Å². The number of hydrogen-bond donors (Lipinski definition) is 2. The molecule has 2 aromatic rings. The highest BCUT2D eigenvalue weighted by Gasteiger charge is 2.11. The zero-order valence-corrected chi connectivity index (χ0v) is 12.6. The number of para-hydroxylation sites is 1. The first kappa shape index (κ1) is 15.0. The summed E-state index contributed by atoms with van der Waals surface area (Å²) in [6, 6.07) is 9.33. The van der Waals surface area contributed by atoms with E-state index >= 15 is 0 Å². The number of rotatable bonds is 5. The van der Waals surface area contributed by atoms with Crippen molar-refractivity contribution in [2.24, 2.45) is 0 Å². The molecule has 1 heterocycles. The Labute approximate surface area is 124 Å². The number of anilines is 2. The van der Waals surface area contributed by atoms with Gasteiger partial charge in [-0.15, -0.1) is 0 Å². The lowest BCUT2D eigenvalue weighted by atomic mass is 10.2. The third kappa shape index (κ3) is 4.02. The third-order valence-corrected chi connectivity index (χ3v) is 3.02. The summed E-state index contributed by atoms with van der Waals surface area (Å²) in [6.45, 7) is 6.62. The number of nitrogens with zero attached hydrogens (tertiary/aromatic N) is 2. The zero-order chi connectivity index (χ0) is 15.2. The standard InChI is InChI=1S/C16H20N4O/c1-4-9-17-15-10-14(18-12(3)19-15)16(21)20-13-8-6-5-7-11(13)2/h5-8,10H,4,9H2,1-3H3,(H,20,21)(H,17,18,19). The van der Waals surface area contributed by atoms with Crippen LogP contribution >= 0.6 is 0 Å². The Bertz CT molecular complexity index is 640. The van der Waals surface area contributed by atoms with Gasteiger partial charge in [-0.1, -0.05) is 25.1 Å². The highest BCUT2D eigenvalue weighted by atomic mass is 16.1. The van der Waals surface area contributed by atoms with E-state index in [4.69, 9.17) is 0 Å². The van der Waals surface area contributed by atoms with E-state index < -0.39 is 0 Å². The lowest BCUT2D eigenvalue weighted by molar-refractivity contribution is 0.102. The van der Waals surface area contributed by atoms with E-state index in [2.05, 4.69) is 27.5 Å². The van der Waals surface area contributed by atoms with Crippen molar-refractivity contribution < 1.29 is 4.79 Å². The number of carbonyl (C=O) groups excluding carboxylic acids is 1. The van der Waals surface area contributed by atoms with E-state index in [0.29, 0.717) is 17.3 Å². The van der Waals surface area contributed by atoms with Crippen LogP contribution in [0.5, 0.6) is 0 Å². The van der Waals surface area contributed by atoms with E-state index in [-0.39, 0.29) is 5.91 Å². The first-order valence-corrected chi connectivity index (χ1v) is 7.06. The maximum Gasteiger partial charge on any atom is 0.274 e. The second kappa shape index (κ2) is 6.83. The average molecular weight is 284 g/mol. The summed E-state index contributed by atoms with van der Waals surface area (Å²) in [4.78, 5) is 20.8. The fourth-order valence-corrected chi connectivity index (χ4v) is 1.93. The summed E-state index contributed by atoms with van der Waals surface area (Å²) in [5, 5.41) is 6.05. The fourth-order valence-electron chi connectivity index (χ4n) is 1.93. The molecule has 0 radical (unpaired) electrons. The van der Waals surface area contributed by atoms with E-state index in [0.717, 1.165) is 24.2 Å². The molecular weight excluding hydrogens is 264 g/mol. The van der Waals surface area contributed by atoms with E-state index in [1.165, 1.54) is 0 Å². The van der Waals surface area contributed by atoms with Gasteiger partial charge in [0.1, 0.15) is 17.3 Å². The lowest BCUT2D eigenvalue weighted by Gasteiger charge is -2.10. The van der Waals surface area contributed by atoms with Crippen LogP contribution in [-0.4, -0.2) is 22.4 Å². The summed E-state index contributed by atoms with van der Waals surface area (Å²) >= 11 is 0. The summed E-state index contributed by atoms with van der Waals surface area (Å²) in [7, 11) is 0. The van der Waals surface area contributed by atoms with Gasteiger partial charge in [0.2, 0.25) is 0 Å². The molecule has 1 aromatic heterocycles. The number of carbonyl (C=O) groups is 1. The Morgan fingerprint density at radius 1 is 1.19 bits per heavy atom. The highest BCUT2D eigenvalue weighted by molar-refractivity contribution is 6.03. The number of aryl methyl sites for hydroxylation is 2. The molecule has 0 fully saturated rings. The topological polar surface area (TPSA) is 66.9 Å². The predicted molar refractivity (Wildman–Crippen MR) is 84.7 cm³/mol. The summed E-state index contributed by atoms with van der Waals surface area (Å²) in [5.74, 6) is 1.03. The molecule has 110 valence electrons. The number of nitrogens with one attached hydrogen (secondary N) is 2. The van der Waals surface area contributed by atoms with Crippen LogP contribution in [0.4, 0.5) is 11.5 Å². The molecule has 2 rings (SSSR count). The Balaban J connectivity index is 2.19. The Kier molecular flexibility index (Phi) is 4.87. The molecule has 21 heavy (non-hydrogen) atoms. The Morgan fingerprint density at radius 2 is 1.95 bits per heavy atom. The molecule has 5 nitrogen and oxygen atoms in total. The van der Waals surface area contributed by atoms with Crippen molar-refractivity contribution >= 4 is 17.4 Å². The molecular formula is C16H20N4O. The van der Waals surface area contributed by atoms with Gasteiger partial charge >= 0.3 is 0 Å². The molecule has 1 amide bonds. The van der Waals surface area contributed by atoms with Crippen molar-refractivity contribution in [1.82, 2.24) is 9.97 Å². The maximum atomic E-state index is 12.3. The van der Waals surface area contributed by atoms with Gasteiger partial charge in [0, 0.05) is 18.3 Å². The van der Waals surface area contributed by atoms with Crippen molar-refractivity contribution in [1.29, 1.82) is 0 Å². The Hall–Kier alpha value is -2.43. The van der Waals surface area contributed by atoms with Crippen LogP contribution in [0.2, 0.25) is 0 Å². The quantitative estimate of drug-likeness (QED) is 0.885. The molecule has 0 aliphatic rings. The van der Waals surface area contributed by atoms with E-state index in [1.807, 2.05) is 31.2 Å². The van der Waals surface area contributed by atoms with Gasteiger partial charge in [0.15, 0.2) is 0 Å². The minimum absolute atomic E-state index is 0.227. The second-order valence-corrected chi connectivity index (χ2v) is 4.88. The lowest BCUT2D eigenvalue weighted by Crippen LogP contribution is -2.16. The molecule has 2 N–H and O–H groups in total. The number of hydrogen-bond acceptors (Lipinski definition) is 4. The third-order valence-electron chi connectivity index (χ3n) is 3.02. The van der Waals surface area contributed by atoms with Crippen LogP contribution < -0.4 is 10.6 Å². The molecule has 5 heteroatoms. The molecule has 0 aliphatic heterocycles. The van der Waals surface area contributed by atoms with Crippen LogP contribution in [-0.2, 0) is 0 Å². The fraction of sp³-hybridized carbons (Fsp3) is 0.312. The smallest absolute Gasteiger partial charge is 0.274 e. The second-order valence-electron chi connectivity index (χ2n) is 4.88. The van der Waals surface area contributed by atoms with Crippen molar-refractivity contribution in [3.05, 3.63) is 47.4 Å². The minimum Gasteiger partial charge on any atom is -0.370 e. The van der Waals surface area contributed by atoms with Crippen LogP contribution in [0.3, 0.4) is 0 Å².